The number of hydrogen-bond donors (Lipinski definition) is 1. The Kier molecular flexibility index (Phi) is 5.03. The number of hydrogen-bond acceptors (Lipinski definition) is 2. The third-order valence-corrected chi connectivity index (χ3v) is 5.61. The molecule has 0 amide bonds. The Labute approximate surface area is 140 Å². The van der Waals surface area contributed by atoms with E-state index in [1.165, 1.54) is 48.7 Å². The average Bonchev–Trinajstić information content (AvgIpc) is 2.60. The smallest absolute Gasteiger partial charge is 0.0451 e. The standard InChI is InChI=1S/C21H30N2/c1-17(2)21(22,13-16-23-14-6-3-7-15-23)20-12-8-10-18-9-4-5-11-19(18)20/h4-5,8-12,17H,3,6-7,13-16,22H2,1-2H3. The maximum absolute atomic E-state index is 7.02. The zero-order chi connectivity index (χ0) is 16.3. The zero-order valence-corrected chi connectivity index (χ0v) is 14.6. The molecule has 1 heterocycles. The zero-order valence-electron chi connectivity index (χ0n) is 14.6. The van der Waals surface area contributed by atoms with E-state index in [1.54, 1.807) is 0 Å². The van der Waals surface area contributed by atoms with Crippen LogP contribution >= 0.6 is 0 Å². The minimum absolute atomic E-state index is 0.266. The van der Waals surface area contributed by atoms with Crippen molar-refractivity contribution in [2.45, 2.75) is 45.1 Å². The fraction of sp³-hybridized carbons (Fsp3) is 0.524. The van der Waals surface area contributed by atoms with Gasteiger partial charge in [0.05, 0.1) is 0 Å². The van der Waals surface area contributed by atoms with Crippen LogP contribution in [-0.2, 0) is 5.54 Å². The quantitative estimate of drug-likeness (QED) is 0.879. The van der Waals surface area contributed by atoms with Crippen LogP contribution in [0.5, 0.6) is 0 Å². The van der Waals surface area contributed by atoms with Crippen molar-refractivity contribution in [3.8, 4) is 0 Å². The summed E-state index contributed by atoms with van der Waals surface area (Å²) >= 11 is 0. The van der Waals surface area contributed by atoms with Gasteiger partial charge in [-0.25, -0.2) is 0 Å². The van der Waals surface area contributed by atoms with Gasteiger partial charge < -0.3 is 10.6 Å². The Bertz CT molecular complexity index is 638. The van der Waals surface area contributed by atoms with Crippen molar-refractivity contribution in [1.82, 2.24) is 4.90 Å². The van der Waals surface area contributed by atoms with Gasteiger partial charge in [0.1, 0.15) is 0 Å². The third-order valence-electron chi connectivity index (χ3n) is 5.61. The molecule has 2 aromatic carbocycles. The molecule has 0 radical (unpaired) electrons. The highest BCUT2D eigenvalue weighted by molar-refractivity contribution is 5.86. The number of likely N-dealkylation sites (tertiary alicyclic amines) is 1. The van der Waals surface area contributed by atoms with Gasteiger partial charge in [0.25, 0.3) is 0 Å². The molecule has 0 aromatic heterocycles. The van der Waals surface area contributed by atoms with Gasteiger partial charge in [0.2, 0.25) is 0 Å². The van der Waals surface area contributed by atoms with Gasteiger partial charge in [0, 0.05) is 12.1 Å². The lowest BCUT2D eigenvalue weighted by Crippen LogP contribution is -2.45. The summed E-state index contributed by atoms with van der Waals surface area (Å²) < 4.78 is 0. The van der Waals surface area contributed by atoms with E-state index in [4.69, 9.17) is 5.73 Å². The first-order chi connectivity index (χ1) is 11.1. The second kappa shape index (κ2) is 7.02. The van der Waals surface area contributed by atoms with Crippen LogP contribution in [0.25, 0.3) is 10.8 Å². The van der Waals surface area contributed by atoms with Gasteiger partial charge in [-0.1, -0.05) is 62.7 Å². The second-order valence-electron chi connectivity index (χ2n) is 7.37. The number of rotatable bonds is 5. The first-order valence-electron chi connectivity index (χ1n) is 9.11. The van der Waals surface area contributed by atoms with Crippen molar-refractivity contribution in [2.24, 2.45) is 11.7 Å². The lowest BCUT2D eigenvalue weighted by atomic mass is 9.76. The van der Waals surface area contributed by atoms with Crippen LogP contribution in [0, 0.1) is 5.92 Å². The van der Waals surface area contributed by atoms with Gasteiger partial charge in [-0.15, -0.1) is 0 Å². The molecule has 1 atom stereocenters. The molecule has 23 heavy (non-hydrogen) atoms. The van der Waals surface area contributed by atoms with Gasteiger partial charge in [-0.3, -0.25) is 0 Å². The maximum Gasteiger partial charge on any atom is 0.0451 e. The molecule has 1 aliphatic rings. The Balaban J connectivity index is 1.89. The van der Waals surface area contributed by atoms with E-state index in [2.05, 4.69) is 61.2 Å². The normalized spacial score (nSPS) is 19.1. The highest BCUT2D eigenvalue weighted by Crippen LogP contribution is 2.35. The largest absolute Gasteiger partial charge is 0.321 e. The molecular weight excluding hydrogens is 280 g/mol. The Morgan fingerprint density at radius 1 is 1.00 bits per heavy atom. The summed E-state index contributed by atoms with van der Waals surface area (Å²) in [6.45, 7) is 8.11. The van der Waals surface area contributed by atoms with E-state index in [-0.39, 0.29) is 5.54 Å². The summed E-state index contributed by atoms with van der Waals surface area (Å²) in [4.78, 5) is 2.60. The molecule has 124 valence electrons. The summed E-state index contributed by atoms with van der Waals surface area (Å²) in [6, 6.07) is 15.2. The summed E-state index contributed by atoms with van der Waals surface area (Å²) in [5.41, 5.74) is 8.06. The molecular formula is C21H30N2. The monoisotopic (exact) mass is 310 g/mol. The van der Waals surface area contributed by atoms with Crippen molar-refractivity contribution in [1.29, 1.82) is 0 Å². The fourth-order valence-electron chi connectivity index (χ4n) is 3.89. The van der Waals surface area contributed by atoms with Crippen LogP contribution in [0.15, 0.2) is 42.5 Å². The van der Waals surface area contributed by atoms with Crippen LogP contribution in [0.4, 0.5) is 0 Å². The van der Waals surface area contributed by atoms with Gasteiger partial charge in [-0.05, 0) is 54.6 Å². The predicted molar refractivity (Wildman–Crippen MR) is 99.6 cm³/mol. The Morgan fingerprint density at radius 3 is 2.43 bits per heavy atom. The highest BCUT2D eigenvalue weighted by Gasteiger charge is 2.33. The molecule has 1 saturated heterocycles. The molecule has 2 N–H and O–H groups in total. The lowest BCUT2D eigenvalue weighted by Gasteiger charge is -2.38. The van der Waals surface area contributed by atoms with Crippen molar-refractivity contribution >= 4 is 10.8 Å². The predicted octanol–water partition coefficient (Wildman–Crippen LogP) is 4.53. The first-order valence-corrected chi connectivity index (χ1v) is 9.11. The number of nitrogens with zero attached hydrogens (tertiary/aromatic N) is 1. The molecule has 1 unspecified atom stereocenters. The molecule has 2 heteroatoms. The molecule has 0 spiro atoms. The third kappa shape index (κ3) is 3.44. The second-order valence-corrected chi connectivity index (χ2v) is 7.37. The van der Waals surface area contributed by atoms with Crippen LogP contribution in [-0.4, -0.2) is 24.5 Å². The Hall–Kier alpha value is -1.38. The molecule has 2 aromatic rings. The number of fused-ring (bicyclic) bond motifs is 1. The SMILES string of the molecule is CC(C)C(N)(CCN1CCCCC1)c1cccc2ccccc12. The van der Waals surface area contributed by atoms with E-state index in [0.717, 1.165) is 13.0 Å². The number of piperidine rings is 1. The molecule has 1 fully saturated rings. The van der Waals surface area contributed by atoms with Gasteiger partial charge in [0.15, 0.2) is 0 Å². The highest BCUT2D eigenvalue weighted by atomic mass is 15.1. The fourth-order valence-corrected chi connectivity index (χ4v) is 3.89. The van der Waals surface area contributed by atoms with E-state index >= 15 is 0 Å². The van der Waals surface area contributed by atoms with E-state index in [1.807, 2.05) is 0 Å². The topological polar surface area (TPSA) is 29.3 Å². The minimum Gasteiger partial charge on any atom is -0.321 e. The van der Waals surface area contributed by atoms with Crippen LogP contribution in [0.3, 0.4) is 0 Å². The van der Waals surface area contributed by atoms with Crippen molar-refractivity contribution in [3.63, 3.8) is 0 Å². The summed E-state index contributed by atoms with van der Waals surface area (Å²) in [5.74, 6) is 0.415. The van der Waals surface area contributed by atoms with Crippen LogP contribution < -0.4 is 5.73 Å². The van der Waals surface area contributed by atoms with Crippen molar-refractivity contribution in [2.75, 3.05) is 19.6 Å². The number of nitrogens with two attached hydrogens (primary N) is 1. The maximum atomic E-state index is 7.02. The van der Waals surface area contributed by atoms with Gasteiger partial charge >= 0.3 is 0 Å². The summed E-state index contributed by atoms with van der Waals surface area (Å²) in [7, 11) is 0. The Morgan fingerprint density at radius 2 is 1.70 bits per heavy atom. The lowest BCUT2D eigenvalue weighted by molar-refractivity contribution is 0.186. The van der Waals surface area contributed by atoms with E-state index in [0.29, 0.717) is 5.92 Å². The molecule has 3 rings (SSSR count). The van der Waals surface area contributed by atoms with E-state index in [9.17, 15) is 0 Å². The summed E-state index contributed by atoms with van der Waals surface area (Å²) in [5, 5.41) is 2.60. The van der Waals surface area contributed by atoms with Gasteiger partial charge in [-0.2, -0.15) is 0 Å². The van der Waals surface area contributed by atoms with E-state index < -0.39 is 0 Å². The molecule has 0 saturated carbocycles. The van der Waals surface area contributed by atoms with Crippen LogP contribution in [0.1, 0.15) is 45.1 Å². The minimum atomic E-state index is -0.266. The molecule has 2 nitrogen and oxygen atoms in total. The average molecular weight is 310 g/mol. The first kappa shape index (κ1) is 16.5. The van der Waals surface area contributed by atoms with Crippen molar-refractivity contribution < 1.29 is 0 Å². The summed E-state index contributed by atoms with van der Waals surface area (Å²) in [6.07, 6.45) is 5.09. The van der Waals surface area contributed by atoms with Crippen LogP contribution in [0.2, 0.25) is 0 Å². The molecule has 1 aliphatic heterocycles. The molecule has 0 aliphatic carbocycles. The number of benzene rings is 2. The van der Waals surface area contributed by atoms with Crippen molar-refractivity contribution in [3.05, 3.63) is 48.0 Å². The molecule has 0 bridgehead atoms.